The lowest BCUT2D eigenvalue weighted by molar-refractivity contribution is 0.0765. The Kier molecular flexibility index (Phi) is 3.19. The Morgan fingerprint density at radius 2 is 2.35 bits per heavy atom. The topological polar surface area (TPSA) is 75.8 Å². The van der Waals surface area contributed by atoms with Crippen molar-refractivity contribution in [2.45, 2.75) is 12.5 Å². The molecule has 1 aromatic carbocycles. The summed E-state index contributed by atoms with van der Waals surface area (Å²) in [6, 6.07) is 4.96. The van der Waals surface area contributed by atoms with Gasteiger partial charge in [-0.3, -0.25) is 4.79 Å². The van der Waals surface area contributed by atoms with E-state index in [2.05, 4.69) is 0 Å². The van der Waals surface area contributed by atoms with E-state index in [0.717, 1.165) is 0 Å². The molecule has 92 valence electrons. The van der Waals surface area contributed by atoms with E-state index in [9.17, 15) is 9.90 Å². The number of likely N-dealkylation sites (tertiary alicyclic amines) is 1. The number of hydrogen-bond donors (Lipinski definition) is 2. The maximum Gasteiger partial charge on any atom is 0.254 e. The van der Waals surface area contributed by atoms with Gasteiger partial charge < -0.3 is 20.5 Å². The Bertz CT molecular complexity index is 434. The predicted octanol–water partition coefficient (Wildman–Crippen LogP) is 0.484. The van der Waals surface area contributed by atoms with Crippen molar-refractivity contribution in [1.82, 2.24) is 4.90 Å². The van der Waals surface area contributed by atoms with Gasteiger partial charge in [-0.1, -0.05) is 0 Å². The van der Waals surface area contributed by atoms with Gasteiger partial charge in [0.15, 0.2) is 0 Å². The van der Waals surface area contributed by atoms with Gasteiger partial charge in [0, 0.05) is 18.7 Å². The van der Waals surface area contributed by atoms with Crippen LogP contribution in [0.1, 0.15) is 16.8 Å². The lowest BCUT2D eigenvalue weighted by atomic mass is 10.1. The number of rotatable bonds is 2. The van der Waals surface area contributed by atoms with E-state index in [4.69, 9.17) is 10.5 Å². The number of hydrogen-bond acceptors (Lipinski definition) is 4. The summed E-state index contributed by atoms with van der Waals surface area (Å²) in [7, 11) is 1.53. The zero-order chi connectivity index (χ0) is 12.4. The Hall–Kier alpha value is -1.75. The number of benzene rings is 1. The van der Waals surface area contributed by atoms with E-state index < -0.39 is 6.10 Å². The Morgan fingerprint density at radius 1 is 1.59 bits per heavy atom. The first-order valence-electron chi connectivity index (χ1n) is 5.52. The van der Waals surface area contributed by atoms with Crippen molar-refractivity contribution in [3.05, 3.63) is 23.8 Å². The van der Waals surface area contributed by atoms with Crippen molar-refractivity contribution in [2.75, 3.05) is 25.9 Å². The number of methoxy groups -OCH3 is 1. The van der Waals surface area contributed by atoms with Crippen LogP contribution in [-0.4, -0.2) is 42.2 Å². The van der Waals surface area contributed by atoms with Gasteiger partial charge in [0.05, 0.1) is 18.9 Å². The summed E-state index contributed by atoms with van der Waals surface area (Å²) in [5, 5.41) is 9.39. The smallest absolute Gasteiger partial charge is 0.254 e. The second-order valence-electron chi connectivity index (χ2n) is 4.15. The fourth-order valence-corrected chi connectivity index (χ4v) is 1.98. The Balaban J connectivity index is 2.17. The molecule has 5 nitrogen and oxygen atoms in total. The standard InChI is InChI=1S/C12H16N2O3/c1-17-11-3-2-8(6-10(11)13)12(16)14-5-4-9(15)7-14/h2-3,6,9,15H,4-5,7,13H2,1H3. The molecule has 0 radical (unpaired) electrons. The van der Waals surface area contributed by atoms with Crippen LogP contribution in [0.5, 0.6) is 5.75 Å². The average Bonchev–Trinajstić information content (AvgIpc) is 2.75. The van der Waals surface area contributed by atoms with Crippen molar-refractivity contribution < 1.29 is 14.6 Å². The van der Waals surface area contributed by atoms with Crippen LogP contribution in [0.25, 0.3) is 0 Å². The van der Waals surface area contributed by atoms with E-state index in [-0.39, 0.29) is 5.91 Å². The molecule has 1 aliphatic rings. The van der Waals surface area contributed by atoms with Crippen molar-refractivity contribution in [2.24, 2.45) is 0 Å². The summed E-state index contributed by atoms with van der Waals surface area (Å²) in [6.07, 6.45) is 0.228. The number of carbonyl (C=O) groups is 1. The average molecular weight is 236 g/mol. The third kappa shape index (κ3) is 2.34. The van der Waals surface area contributed by atoms with E-state index >= 15 is 0 Å². The molecule has 2 rings (SSSR count). The molecule has 0 spiro atoms. The highest BCUT2D eigenvalue weighted by Crippen LogP contribution is 2.23. The van der Waals surface area contributed by atoms with E-state index in [1.54, 1.807) is 23.1 Å². The molecule has 0 aromatic heterocycles. The minimum atomic E-state index is -0.408. The summed E-state index contributed by atoms with van der Waals surface area (Å²) in [6.45, 7) is 0.983. The molecule has 1 heterocycles. The Morgan fingerprint density at radius 3 is 2.88 bits per heavy atom. The van der Waals surface area contributed by atoms with Gasteiger partial charge >= 0.3 is 0 Å². The lowest BCUT2D eigenvalue weighted by Gasteiger charge is -2.16. The molecule has 1 amide bonds. The van der Waals surface area contributed by atoms with Crippen LogP contribution in [0.15, 0.2) is 18.2 Å². The number of aliphatic hydroxyl groups excluding tert-OH is 1. The second kappa shape index (κ2) is 4.63. The molecule has 17 heavy (non-hydrogen) atoms. The molecular formula is C12H16N2O3. The molecular weight excluding hydrogens is 220 g/mol. The zero-order valence-electron chi connectivity index (χ0n) is 9.72. The first kappa shape index (κ1) is 11.7. The van der Waals surface area contributed by atoms with Gasteiger partial charge in [-0.05, 0) is 24.6 Å². The first-order valence-corrected chi connectivity index (χ1v) is 5.52. The lowest BCUT2D eigenvalue weighted by Crippen LogP contribution is -2.29. The number of anilines is 1. The van der Waals surface area contributed by atoms with Crippen LogP contribution in [0.4, 0.5) is 5.69 Å². The molecule has 3 N–H and O–H groups in total. The van der Waals surface area contributed by atoms with Crippen LogP contribution in [-0.2, 0) is 0 Å². The highest BCUT2D eigenvalue weighted by molar-refractivity contribution is 5.95. The molecule has 1 aromatic rings. The fraction of sp³-hybridized carbons (Fsp3) is 0.417. The van der Waals surface area contributed by atoms with E-state index in [1.807, 2.05) is 0 Å². The number of amides is 1. The van der Waals surface area contributed by atoms with Crippen LogP contribution in [0, 0.1) is 0 Å². The van der Waals surface area contributed by atoms with Gasteiger partial charge in [0.2, 0.25) is 0 Å². The van der Waals surface area contributed by atoms with Crippen LogP contribution in [0.3, 0.4) is 0 Å². The summed E-state index contributed by atoms with van der Waals surface area (Å²) >= 11 is 0. The SMILES string of the molecule is COc1ccc(C(=O)N2CCC(O)C2)cc1N. The quantitative estimate of drug-likeness (QED) is 0.732. The number of nitrogen functional groups attached to an aromatic ring is 1. The zero-order valence-corrected chi connectivity index (χ0v) is 9.72. The Labute approximate surface area is 99.8 Å². The van der Waals surface area contributed by atoms with E-state index in [1.165, 1.54) is 7.11 Å². The summed E-state index contributed by atoms with van der Waals surface area (Å²) < 4.78 is 5.03. The molecule has 0 bridgehead atoms. The molecule has 1 aliphatic heterocycles. The normalized spacial score (nSPS) is 19.4. The van der Waals surface area contributed by atoms with Gasteiger partial charge in [-0.25, -0.2) is 0 Å². The number of β-amino-alcohol motifs (C(OH)–C–C–N with tert-alkyl or cyclic N) is 1. The molecule has 1 unspecified atom stereocenters. The maximum absolute atomic E-state index is 12.1. The van der Waals surface area contributed by atoms with Gasteiger partial charge in [-0.2, -0.15) is 0 Å². The van der Waals surface area contributed by atoms with Crippen molar-refractivity contribution >= 4 is 11.6 Å². The molecule has 1 atom stereocenters. The molecule has 0 aliphatic carbocycles. The van der Waals surface area contributed by atoms with Gasteiger partial charge in [-0.15, -0.1) is 0 Å². The molecule has 1 saturated heterocycles. The minimum absolute atomic E-state index is 0.101. The van der Waals surface area contributed by atoms with Crippen molar-refractivity contribution in [1.29, 1.82) is 0 Å². The number of ether oxygens (including phenoxy) is 1. The number of nitrogens with zero attached hydrogens (tertiary/aromatic N) is 1. The monoisotopic (exact) mass is 236 g/mol. The van der Waals surface area contributed by atoms with Crippen LogP contribution in [0.2, 0.25) is 0 Å². The number of carbonyl (C=O) groups excluding carboxylic acids is 1. The van der Waals surface area contributed by atoms with Gasteiger partial charge in [0.25, 0.3) is 5.91 Å². The minimum Gasteiger partial charge on any atom is -0.495 e. The number of nitrogens with two attached hydrogens (primary N) is 1. The fourth-order valence-electron chi connectivity index (χ4n) is 1.98. The van der Waals surface area contributed by atoms with Crippen LogP contribution >= 0.6 is 0 Å². The molecule has 5 heteroatoms. The largest absolute Gasteiger partial charge is 0.495 e. The van der Waals surface area contributed by atoms with Gasteiger partial charge in [0.1, 0.15) is 5.75 Å². The van der Waals surface area contributed by atoms with Crippen molar-refractivity contribution in [3.8, 4) is 5.75 Å². The highest BCUT2D eigenvalue weighted by Gasteiger charge is 2.25. The number of aliphatic hydroxyl groups is 1. The first-order chi connectivity index (χ1) is 8.11. The summed E-state index contributed by atoms with van der Waals surface area (Å²) in [5.74, 6) is 0.457. The summed E-state index contributed by atoms with van der Waals surface area (Å²) in [4.78, 5) is 13.7. The second-order valence-corrected chi connectivity index (χ2v) is 4.15. The summed E-state index contributed by atoms with van der Waals surface area (Å²) in [5.41, 5.74) is 6.72. The highest BCUT2D eigenvalue weighted by atomic mass is 16.5. The molecule has 1 fully saturated rings. The van der Waals surface area contributed by atoms with Crippen LogP contribution < -0.4 is 10.5 Å². The van der Waals surface area contributed by atoms with Crippen molar-refractivity contribution in [3.63, 3.8) is 0 Å². The third-order valence-corrected chi connectivity index (χ3v) is 2.93. The third-order valence-electron chi connectivity index (χ3n) is 2.93. The predicted molar refractivity (Wildman–Crippen MR) is 63.9 cm³/mol. The maximum atomic E-state index is 12.1. The molecule has 0 saturated carbocycles. The van der Waals surface area contributed by atoms with E-state index in [0.29, 0.717) is 36.5 Å².